The molecule has 0 N–H and O–H groups in total. The first kappa shape index (κ1) is 35.5. The molecule has 1 saturated heterocycles. The third-order valence-electron chi connectivity index (χ3n) is 5.83. The van der Waals surface area contributed by atoms with Gasteiger partial charge in [0.25, 0.3) is 0 Å². The minimum Gasteiger partial charge on any atom is -0.421 e. The molecule has 0 saturated carbocycles. The molecule has 218 valence electrons. The summed E-state index contributed by atoms with van der Waals surface area (Å²) in [6.07, 6.45) is 9.43. The third-order valence-corrected chi connectivity index (χ3v) is 11.4. The second kappa shape index (κ2) is 14.6. The van der Waals surface area contributed by atoms with Crippen molar-refractivity contribution in [3.8, 4) is 0 Å². The van der Waals surface area contributed by atoms with Crippen molar-refractivity contribution in [1.82, 2.24) is 0 Å². The first-order chi connectivity index (χ1) is 16.4. The van der Waals surface area contributed by atoms with E-state index in [9.17, 15) is 43.2 Å². The molecule has 18 heteroatoms. The van der Waals surface area contributed by atoms with Gasteiger partial charge in [-0.1, -0.05) is 19.8 Å². The average Bonchev–Trinajstić information content (AvgIpc) is 3.22. The van der Waals surface area contributed by atoms with E-state index < -0.39 is 39.9 Å². The molecule has 0 aromatic carbocycles. The highest BCUT2D eigenvalue weighted by atomic mass is 32.3. The van der Waals surface area contributed by atoms with Gasteiger partial charge in [0.15, 0.2) is 20.0 Å². The van der Waals surface area contributed by atoms with Crippen LogP contribution in [0.1, 0.15) is 51.9 Å². The van der Waals surface area contributed by atoms with Gasteiger partial charge < -0.3 is 21.9 Å². The number of hydrogen-bond acceptors (Lipinski definition) is 7. The summed E-state index contributed by atoms with van der Waals surface area (Å²) in [6, 6.07) is 0.936. The van der Waals surface area contributed by atoms with Gasteiger partial charge in [-0.25, -0.2) is 16.8 Å². The molecule has 0 unspecified atom stereocenters. The molecule has 0 aromatic heterocycles. The second-order valence-corrected chi connectivity index (χ2v) is 14.8. The van der Waals surface area contributed by atoms with E-state index in [2.05, 4.69) is 6.92 Å². The summed E-state index contributed by atoms with van der Waals surface area (Å²) >= 11 is 0. The van der Waals surface area contributed by atoms with E-state index in [1.165, 1.54) is 69.2 Å². The maximum absolute atomic E-state index is 11.4. The Morgan fingerprint density at radius 3 is 1.53 bits per heavy atom. The van der Waals surface area contributed by atoms with E-state index in [-0.39, 0.29) is 0 Å². The maximum atomic E-state index is 11.4. The van der Waals surface area contributed by atoms with Crippen LogP contribution in [0.3, 0.4) is 0 Å². The Morgan fingerprint density at radius 1 is 0.750 bits per heavy atom. The molecule has 1 rings (SSSR count). The van der Waals surface area contributed by atoms with E-state index in [1.807, 2.05) is 0 Å². The summed E-state index contributed by atoms with van der Waals surface area (Å²) < 4.78 is 127. The topological polar surface area (TPSA) is 110 Å². The number of halogens is 6. The van der Waals surface area contributed by atoms with Crippen LogP contribution < -0.4 is 0 Å². The average molecular weight is 599 g/mol. The Kier molecular flexibility index (Phi) is 14.4. The molecule has 1 fully saturated rings. The van der Waals surface area contributed by atoms with Gasteiger partial charge in [-0.15, -0.1) is 0 Å². The number of hydrogen-bond donors (Lipinski definition) is 0. The van der Waals surface area contributed by atoms with E-state index in [0.29, 0.717) is 0 Å². The van der Waals surface area contributed by atoms with Crippen LogP contribution in [0.25, 0.3) is 4.13 Å². The van der Waals surface area contributed by atoms with Crippen molar-refractivity contribution in [3.05, 3.63) is 4.13 Å². The zero-order valence-electron chi connectivity index (χ0n) is 20.8. The van der Waals surface area contributed by atoms with Gasteiger partial charge >= 0.3 is 19.8 Å². The predicted octanol–water partition coefficient (Wildman–Crippen LogP) is 4.50. The van der Waals surface area contributed by atoms with Crippen molar-refractivity contribution in [2.24, 2.45) is 0 Å². The van der Waals surface area contributed by atoms with Gasteiger partial charge in [0.05, 0.1) is 26.2 Å². The SMILES string of the molecule is CCCCCC[N+]1(CCC[Si](OC)(OC)OC)CCCC1.O=S(=O)([N-]S(=O)(=O)C(F)(F)F)C(F)(F)F. The van der Waals surface area contributed by atoms with E-state index in [4.69, 9.17) is 13.3 Å². The number of quaternary nitrogens is 1. The van der Waals surface area contributed by atoms with Crippen LogP contribution >= 0.6 is 0 Å². The van der Waals surface area contributed by atoms with Gasteiger partial charge in [0.1, 0.15) is 0 Å². The van der Waals surface area contributed by atoms with Crippen LogP contribution in [0, 0.1) is 0 Å². The summed E-state index contributed by atoms with van der Waals surface area (Å²) in [5.41, 5.74) is -12.4. The van der Waals surface area contributed by atoms with Crippen molar-refractivity contribution in [1.29, 1.82) is 0 Å². The van der Waals surface area contributed by atoms with Crippen LogP contribution in [-0.4, -0.2) is 88.6 Å². The normalized spacial score (nSPS) is 17.1. The highest BCUT2D eigenvalue weighted by Gasteiger charge is 2.47. The number of rotatable bonds is 14. The molecule has 36 heavy (non-hydrogen) atoms. The highest BCUT2D eigenvalue weighted by molar-refractivity contribution is 8.13. The lowest BCUT2D eigenvalue weighted by molar-refractivity contribution is -0.917. The predicted molar refractivity (Wildman–Crippen MR) is 123 cm³/mol. The smallest absolute Gasteiger partial charge is 0.421 e. The van der Waals surface area contributed by atoms with Crippen LogP contribution in [0.4, 0.5) is 26.3 Å². The molecule has 1 heterocycles. The molecule has 0 bridgehead atoms. The minimum absolute atomic E-state index is 0.778. The monoisotopic (exact) mass is 598 g/mol. The quantitative estimate of drug-likeness (QED) is 0.125. The van der Waals surface area contributed by atoms with E-state index in [0.717, 1.165) is 16.6 Å². The molecular formula is C18H36F6N2O7S2Si. The van der Waals surface area contributed by atoms with Crippen LogP contribution in [-0.2, 0) is 33.3 Å². The van der Waals surface area contributed by atoms with Crippen molar-refractivity contribution in [2.45, 2.75) is 68.9 Å². The Bertz CT molecular complexity index is 795. The fourth-order valence-electron chi connectivity index (χ4n) is 3.84. The fraction of sp³-hybridized carbons (Fsp3) is 1.00. The second-order valence-electron chi connectivity index (χ2n) is 8.32. The van der Waals surface area contributed by atoms with E-state index in [1.54, 1.807) is 21.3 Å². The number of sulfonamides is 2. The summed E-state index contributed by atoms with van der Waals surface area (Å²) in [5, 5.41) is 0. The van der Waals surface area contributed by atoms with Crippen LogP contribution in [0.15, 0.2) is 0 Å². The molecular weight excluding hydrogens is 562 g/mol. The number of nitrogens with zero attached hydrogens (tertiary/aromatic N) is 2. The first-order valence-corrected chi connectivity index (χ1v) is 16.0. The molecule has 0 radical (unpaired) electrons. The number of likely N-dealkylation sites (tertiary alicyclic amines) is 1. The van der Waals surface area contributed by atoms with Gasteiger partial charge in [0.2, 0.25) is 0 Å². The fourth-order valence-corrected chi connectivity index (χ4v) is 7.25. The summed E-state index contributed by atoms with van der Waals surface area (Å²) in [7, 11) is -10.7. The Labute approximate surface area is 210 Å². The van der Waals surface area contributed by atoms with Crippen molar-refractivity contribution >= 4 is 28.9 Å². The van der Waals surface area contributed by atoms with Crippen LogP contribution in [0.5, 0.6) is 0 Å². The standard InChI is InChI=1S/C16H36NO3Si.C2F6NO4S2/c1-5-6-7-8-12-17(13-9-10-14-17)15-11-16-21(18-2,19-3)20-4;3-1(4,5)14(10,11)9-15(12,13)2(6,7)8/h5-16H2,1-4H3;/q+1;-1. The molecule has 0 spiro atoms. The van der Waals surface area contributed by atoms with Crippen molar-refractivity contribution in [3.63, 3.8) is 0 Å². The van der Waals surface area contributed by atoms with Gasteiger partial charge in [-0.05, 0) is 12.8 Å². The lowest BCUT2D eigenvalue weighted by Gasteiger charge is -2.35. The Balaban J connectivity index is 0.000000723. The molecule has 0 aromatic rings. The Morgan fingerprint density at radius 2 is 1.17 bits per heavy atom. The highest BCUT2D eigenvalue weighted by Crippen LogP contribution is 2.36. The number of unbranched alkanes of at least 4 members (excludes halogenated alkanes) is 3. The lowest BCUT2D eigenvalue weighted by Crippen LogP contribution is -2.48. The lowest BCUT2D eigenvalue weighted by atomic mass is 10.2. The van der Waals surface area contributed by atoms with Crippen molar-refractivity contribution in [2.75, 3.05) is 47.5 Å². The van der Waals surface area contributed by atoms with Gasteiger partial charge in [-0.3, -0.25) is 0 Å². The molecule has 9 nitrogen and oxygen atoms in total. The Hall–Kier alpha value is -0.503. The molecule has 0 aliphatic carbocycles. The zero-order valence-corrected chi connectivity index (χ0v) is 23.5. The summed E-state index contributed by atoms with van der Waals surface area (Å²) in [6.45, 7) is 7.64. The largest absolute Gasteiger partial charge is 0.500 e. The van der Waals surface area contributed by atoms with Crippen molar-refractivity contribution < 1.29 is 60.9 Å². The summed E-state index contributed by atoms with van der Waals surface area (Å²) in [5.74, 6) is 0. The summed E-state index contributed by atoms with van der Waals surface area (Å²) in [4.78, 5) is 0. The molecule has 0 atom stereocenters. The molecule has 1 aliphatic heterocycles. The molecule has 1 aliphatic rings. The maximum Gasteiger partial charge on any atom is 0.500 e. The minimum atomic E-state index is -6.72. The zero-order chi connectivity index (χ0) is 28.3. The van der Waals surface area contributed by atoms with Gasteiger partial charge in [-0.2, -0.15) is 26.3 Å². The third kappa shape index (κ3) is 11.1. The molecule has 0 amide bonds. The van der Waals surface area contributed by atoms with Crippen LogP contribution in [0.2, 0.25) is 6.04 Å². The van der Waals surface area contributed by atoms with E-state index >= 15 is 0 Å². The number of alkyl halides is 6. The first-order valence-electron chi connectivity index (χ1n) is 11.2. The van der Waals surface area contributed by atoms with Gasteiger partial charge in [0, 0.05) is 46.6 Å².